The van der Waals surface area contributed by atoms with Crippen molar-refractivity contribution in [3.63, 3.8) is 0 Å². The highest BCUT2D eigenvalue weighted by Gasteiger charge is 2.21. The maximum absolute atomic E-state index is 12.0. The number of hydrogen-bond donors (Lipinski definition) is 1. The van der Waals surface area contributed by atoms with E-state index in [0.29, 0.717) is 0 Å². The Hall–Kier alpha value is -0.620. The standard InChI is InChI=1S/C17H25IN2O/c1-13-9-14(2)12-20(11-13)8-4-7-19-17(21)15-5-3-6-16(18)10-15/h3,5-6,10,13-14H,4,7-9,11-12H2,1-2H3,(H,19,21)/t13-,14-/m0/s1. The lowest BCUT2D eigenvalue weighted by Gasteiger charge is -2.34. The molecule has 1 amide bonds. The smallest absolute Gasteiger partial charge is 0.251 e. The monoisotopic (exact) mass is 400 g/mol. The first kappa shape index (κ1) is 16.7. The maximum atomic E-state index is 12.0. The van der Waals surface area contributed by atoms with E-state index in [0.717, 1.165) is 40.5 Å². The Morgan fingerprint density at radius 1 is 1.33 bits per heavy atom. The van der Waals surface area contributed by atoms with Crippen molar-refractivity contribution < 1.29 is 4.79 Å². The second-order valence-electron chi connectivity index (χ2n) is 6.33. The first-order valence-electron chi connectivity index (χ1n) is 7.80. The third kappa shape index (κ3) is 5.58. The molecule has 21 heavy (non-hydrogen) atoms. The third-order valence-electron chi connectivity index (χ3n) is 3.97. The third-order valence-corrected chi connectivity index (χ3v) is 4.64. The fourth-order valence-corrected chi connectivity index (χ4v) is 3.75. The molecule has 3 nitrogen and oxygen atoms in total. The highest BCUT2D eigenvalue weighted by molar-refractivity contribution is 14.1. The second kappa shape index (κ2) is 8.13. The average Bonchev–Trinajstić information content (AvgIpc) is 2.42. The van der Waals surface area contributed by atoms with Gasteiger partial charge in [-0.05, 0) is 72.0 Å². The van der Waals surface area contributed by atoms with Crippen molar-refractivity contribution >= 4 is 28.5 Å². The SMILES string of the molecule is C[C@H]1C[C@H](C)CN(CCCNC(=O)c2cccc(I)c2)C1. The Bertz CT molecular complexity index is 468. The number of halogens is 1. The van der Waals surface area contributed by atoms with Crippen LogP contribution in [0.2, 0.25) is 0 Å². The molecule has 1 aromatic carbocycles. The van der Waals surface area contributed by atoms with E-state index < -0.39 is 0 Å². The van der Waals surface area contributed by atoms with Crippen LogP contribution in [-0.2, 0) is 0 Å². The molecule has 1 heterocycles. The number of amides is 1. The summed E-state index contributed by atoms with van der Waals surface area (Å²) in [6.45, 7) is 8.91. The molecular weight excluding hydrogens is 375 g/mol. The summed E-state index contributed by atoms with van der Waals surface area (Å²) in [6.07, 6.45) is 2.37. The summed E-state index contributed by atoms with van der Waals surface area (Å²) < 4.78 is 1.09. The summed E-state index contributed by atoms with van der Waals surface area (Å²) in [7, 11) is 0. The molecule has 0 aliphatic carbocycles. The quantitative estimate of drug-likeness (QED) is 0.607. The minimum atomic E-state index is 0.0360. The van der Waals surface area contributed by atoms with Crippen molar-refractivity contribution in [2.45, 2.75) is 26.7 Å². The molecule has 116 valence electrons. The van der Waals surface area contributed by atoms with Crippen molar-refractivity contribution in [3.05, 3.63) is 33.4 Å². The van der Waals surface area contributed by atoms with Crippen LogP contribution in [0.4, 0.5) is 0 Å². The van der Waals surface area contributed by atoms with Crippen LogP contribution in [0.5, 0.6) is 0 Å². The molecule has 2 rings (SSSR count). The van der Waals surface area contributed by atoms with Crippen LogP contribution in [0.3, 0.4) is 0 Å². The minimum absolute atomic E-state index is 0.0360. The number of rotatable bonds is 5. The molecule has 1 aliphatic rings. The molecule has 1 fully saturated rings. The number of nitrogens with zero attached hydrogens (tertiary/aromatic N) is 1. The molecule has 1 saturated heterocycles. The minimum Gasteiger partial charge on any atom is -0.352 e. The summed E-state index contributed by atoms with van der Waals surface area (Å²) in [5.41, 5.74) is 0.752. The highest BCUT2D eigenvalue weighted by Crippen LogP contribution is 2.20. The number of piperidine rings is 1. The van der Waals surface area contributed by atoms with Crippen LogP contribution in [0.1, 0.15) is 37.0 Å². The molecule has 1 N–H and O–H groups in total. The zero-order valence-electron chi connectivity index (χ0n) is 12.9. The summed E-state index contributed by atoms with van der Waals surface area (Å²) in [6, 6.07) is 7.71. The first-order chi connectivity index (χ1) is 10.0. The number of carbonyl (C=O) groups excluding carboxylic acids is 1. The summed E-state index contributed by atoms with van der Waals surface area (Å²) in [4.78, 5) is 14.6. The van der Waals surface area contributed by atoms with E-state index in [9.17, 15) is 4.79 Å². The Morgan fingerprint density at radius 2 is 2.05 bits per heavy atom. The van der Waals surface area contributed by atoms with E-state index in [1.165, 1.54) is 19.5 Å². The number of carbonyl (C=O) groups is 1. The van der Waals surface area contributed by atoms with Gasteiger partial charge in [-0.25, -0.2) is 0 Å². The van der Waals surface area contributed by atoms with Gasteiger partial charge in [0.15, 0.2) is 0 Å². The van der Waals surface area contributed by atoms with Crippen LogP contribution in [0, 0.1) is 15.4 Å². The van der Waals surface area contributed by atoms with Crippen LogP contribution < -0.4 is 5.32 Å². The summed E-state index contributed by atoms with van der Waals surface area (Å²) in [5.74, 6) is 1.64. The van der Waals surface area contributed by atoms with Crippen molar-refractivity contribution in [1.29, 1.82) is 0 Å². The van der Waals surface area contributed by atoms with E-state index in [4.69, 9.17) is 0 Å². The van der Waals surface area contributed by atoms with Gasteiger partial charge in [-0.2, -0.15) is 0 Å². The highest BCUT2D eigenvalue weighted by atomic mass is 127. The number of hydrogen-bond acceptors (Lipinski definition) is 2. The Balaban J connectivity index is 1.69. The molecular formula is C17H25IN2O. The van der Waals surface area contributed by atoms with Gasteiger partial charge in [0.05, 0.1) is 0 Å². The van der Waals surface area contributed by atoms with Gasteiger partial charge in [0.2, 0.25) is 0 Å². The lowest BCUT2D eigenvalue weighted by Crippen LogP contribution is -2.40. The Kier molecular flexibility index (Phi) is 6.48. The average molecular weight is 400 g/mol. The van der Waals surface area contributed by atoms with Gasteiger partial charge in [-0.1, -0.05) is 19.9 Å². The van der Waals surface area contributed by atoms with Crippen molar-refractivity contribution in [1.82, 2.24) is 10.2 Å². The predicted molar refractivity (Wildman–Crippen MR) is 95.5 cm³/mol. The molecule has 0 aromatic heterocycles. The number of nitrogens with one attached hydrogen (secondary N) is 1. The normalized spacial score (nSPS) is 23.0. The molecule has 0 radical (unpaired) electrons. The van der Waals surface area contributed by atoms with Crippen molar-refractivity contribution in [2.75, 3.05) is 26.2 Å². The topological polar surface area (TPSA) is 32.3 Å². The molecule has 1 aromatic rings. The van der Waals surface area contributed by atoms with Gasteiger partial charge in [-0.15, -0.1) is 0 Å². The van der Waals surface area contributed by atoms with Crippen LogP contribution >= 0.6 is 22.6 Å². The fraction of sp³-hybridized carbons (Fsp3) is 0.588. The zero-order chi connectivity index (χ0) is 15.2. The zero-order valence-corrected chi connectivity index (χ0v) is 15.1. The van der Waals surface area contributed by atoms with E-state index in [2.05, 4.69) is 46.7 Å². The van der Waals surface area contributed by atoms with Gasteiger partial charge in [-0.3, -0.25) is 4.79 Å². The van der Waals surface area contributed by atoms with Crippen molar-refractivity contribution in [3.8, 4) is 0 Å². The predicted octanol–water partition coefficient (Wildman–Crippen LogP) is 3.39. The Morgan fingerprint density at radius 3 is 2.71 bits per heavy atom. The molecule has 2 atom stereocenters. The van der Waals surface area contributed by atoms with Gasteiger partial charge >= 0.3 is 0 Å². The summed E-state index contributed by atoms with van der Waals surface area (Å²) >= 11 is 2.23. The molecule has 0 unspecified atom stereocenters. The molecule has 0 saturated carbocycles. The number of benzene rings is 1. The molecule has 0 bridgehead atoms. The van der Waals surface area contributed by atoms with Gasteiger partial charge < -0.3 is 10.2 Å². The van der Waals surface area contributed by atoms with E-state index in [1.807, 2.05) is 24.3 Å². The van der Waals surface area contributed by atoms with Crippen LogP contribution in [0.15, 0.2) is 24.3 Å². The lowest BCUT2D eigenvalue weighted by atomic mass is 9.92. The Labute approximate surface area is 141 Å². The van der Waals surface area contributed by atoms with Gasteiger partial charge in [0.25, 0.3) is 5.91 Å². The fourth-order valence-electron chi connectivity index (χ4n) is 3.21. The van der Waals surface area contributed by atoms with Gasteiger partial charge in [0.1, 0.15) is 0 Å². The molecule has 0 spiro atoms. The largest absolute Gasteiger partial charge is 0.352 e. The van der Waals surface area contributed by atoms with Crippen LogP contribution in [0.25, 0.3) is 0 Å². The van der Waals surface area contributed by atoms with Crippen LogP contribution in [-0.4, -0.2) is 37.0 Å². The number of likely N-dealkylation sites (tertiary alicyclic amines) is 1. The second-order valence-corrected chi connectivity index (χ2v) is 7.57. The first-order valence-corrected chi connectivity index (χ1v) is 8.88. The maximum Gasteiger partial charge on any atom is 0.251 e. The summed E-state index contributed by atoms with van der Waals surface area (Å²) in [5, 5.41) is 3.02. The van der Waals surface area contributed by atoms with E-state index in [1.54, 1.807) is 0 Å². The van der Waals surface area contributed by atoms with E-state index in [-0.39, 0.29) is 5.91 Å². The van der Waals surface area contributed by atoms with E-state index >= 15 is 0 Å². The van der Waals surface area contributed by atoms with Gasteiger partial charge in [0, 0.05) is 28.8 Å². The van der Waals surface area contributed by atoms with Crippen molar-refractivity contribution in [2.24, 2.45) is 11.8 Å². The lowest BCUT2D eigenvalue weighted by molar-refractivity contribution is 0.0947. The molecule has 4 heteroatoms. The molecule has 1 aliphatic heterocycles.